The van der Waals surface area contributed by atoms with Gasteiger partial charge in [0.1, 0.15) is 0 Å². The molecule has 0 spiro atoms. The van der Waals surface area contributed by atoms with E-state index in [9.17, 15) is 0 Å². The van der Waals surface area contributed by atoms with Gasteiger partial charge < -0.3 is 0 Å². The van der Waals surface area contributed by atoms with E-state index in [2.05, 4.69) is 46.3 Å². The molecule has 0 atom stereocenters. The predicted octanol–water partition coefficient (Wildman–Crippen LogP) is 3.58. The zero-order valence-corrected chi connectivity index (χ0v) is 8.81. The third-order valence-corrected chi connectivity index (χ3v) is 1.83. The predicted molar refractivity (Wildman–Crippen MR) is 56.5 cm³/mol. The zero-order chi connectivity index (χ0) is 9.72. The van der Waals surface area contributed by atoms with Crippen LogP contribution in [0.2, 0.25) is 0 Å². The third kappa shape index (κ3) is 3.04. The summed E-state index contributed by atoms with van der Waals surface area (Å²) in [6.07, 6.45) is 1.82. The average molecular weight is 165 g/mol. The van der Waals surface area contributed by atoms with Gasteiger partial charge in [0, 0.05) is 6.20 Å². The van der Waals surface area contributed by atoms with Gasteiger partial charge in [-0.25, -0.2) is 0 Å². The molecule has 0 aliphatic rings. The van der Waals surface area contributed by atoms with E-state index < -0.39 is 0 Å². The molecular formula is C11H19N. The minimum Gasteiger partial charge on any atom is -0.272 e. The number of nitrogens with zero attached hydrogens (tertiary/aromatic N) is 1. The Morgan fingerprint density at radius 3 is 2.00 bits per heavy atom. The second kappa shape index (κ2) is 4.91. The molecule has 0 aliphatic heterocycles. The molecule has 0 unspecified atom stereocenters. The van der Waals surface area contributed by atoms with Crippen LogP contribution in [-0.4, -0.2) is 6.72 Å². The van der Waals surface area contributed by atoms with Crippen LogP contribution in [-0.2, 0) is 0 Å². The van der Waals surface area contributed by atoms with Gasteiger partial charge in [-0.05, 0) is 44.6 Å². The van der Waals surface area contributed by atoms with E-state index in [1.807, 2.05) is 6.20 Å². The Hall–Kier alpha value is -0.850. The van der Waals surface area contributed by atoms with Crippen molar-refractivity contribution in [3.63, 3.8) is 0 Å². The van der Waals surface area contributed by atoms with Crippen LogP contribution in [0.25, 0.3) is 0 Å². The molecule has 0 saturated carbocycles. The summed E-state index contributed by atoms with van der Waals surface area (Å²) < 4.78 is 0. The van der Waals surface area contributed by atoms with Gasteiger partial charge in [0.05, 0.1) is 0 Å². The molecule has 1 heteroatoms. The lowest BCUT2D eigenvalue weighted by atomic mass is 9.93. The van der Waals surface area contributed by atoms with Crippen LogP contribution in [0.3, 0.4) is 0 Å². The second-order valence-corrected chi connectivity index (χ2v) is 3.56. The number of allylic oxidation sites excluding steroid dienone is 3. The molecule has 0 fully saturated rings. The summed E-state index contributed by atoms with van der Waals surface area (Å²) >= 11 is 0. The highest BCUT2D eigenvalue weighted by Gasteiger charge is 2.06. The van der Waals surface area contributed by atoms with Crippen LogP contribution in [0.4, 0.5) is 0 Å². The fourth-order valence-electron chi connectivity index (χ4n) is 1.63. The van der Waals surface area contributed by atoms with Crippen LogP contribution >= 0.6 is 0 Å². The van der Waals surface area contributed by atoms with Gasteiger partial charge in [0.15, 0.2) is 0 Å². The molecule has 0 aromatic carbocycles. The monoisotopic (exact) mass is 165 g/mol. The largest absolute Gasteiger partial charge is 0.272 e. The molecule has 0 radical (unpaired) electrons. The van der Waals surface area contributed by atoms with Crippen molar-refractivity contribution < 1.29 is 0 Å². The minimum atomic E-state index is 0.563. The number of hydrogen-bond acceptors (Lipinski definition) is 1. The molecule has 0 aliphatic carbocycles. The smallest absolute Gasteiger partial charge is 0.0292 e. The van der Waals surface area contributed by atoms with Crippen molar-refractivity contribution in [1.29, 1.82) is 0 Å². The first-order valence-electron chi connectivity index (χ1n) is 4.31. The van der Waals surface area contributed by atoms with Crippen LogP contribution < -0.4 is 0 Å². The Kier molecular flexibility index (Phi) is 4.57. The van der Waals surface area contributed by atoms with Crippen LogP contribution in [0.15, 0.2) is 27.9 Å². The van der Waals surface area contributed by atoms with Crippen molar-refractivity contribution in [2.24, 2.45) is 10.9 Å². The fraction of sp³-hybridized carbons (Fsp3) is 0.545. The highest BCUT2D eigenvalue weighted by Crippen LogP contribution is 2.22. The topological polar surface area (TPSA) is 12.4 Å². The lowest BCUT2D eigenvalue weighted by molar-refractivity contribution is 0.764. The first-order valence-corrected chi connectivity index (χ1v) is 4.31. The highest BCUT2D eigenvalue weighted by atomic mass is 14.6. The van der Waals surface area contributed by atoms with Crippen molar-refractivity contribution >= 4 is 6.72 Å². The summed E-state index contributed by atoms with van der Waals surface area (Å²) in [5.41, 5.74) is 3.98. The van der Waals surface area contributed by atoms with Gasteiger partial charge in [-0.1, -0.05) is 19.4 Å². The summed E-state index contributed by atoms with van der Waals surface area (Å²) in [5.74, 6) is 0.563. The summed E-state index contributed by atoms with van der Waals surface area (Å²) in [7, 11) is 0. The van der Waals surface area contributed by atoms with E-state index in [1.165, 1.54) is 16.7 Å². The minimum absolute atomic E-state index is 0.563. The van der Waals surface area contributed by atoms with Gasteiger partial charge in [-0.15, -0.1) is 0 Å². The molecule has 0 saturated heterocycles. The summed E-state index contributed by atoms with van der Waals surface area (Å²) in [5, 5.41) is 0. The van der Waals surface area contributed by atoms with E-state index >= 15 is 0 Å². The maximum Gasteiger partial charge on any atom is 0.0292 e. The maximum atomic E-state index is 3.78. The van der Waals surface area contributed by atoms with Crippen LogP contribution in [0.5, 0.6) is 0 Å². The van der Waals surface area contributed by atoms with Gasteiger partial charge in [0.25, 0.3) is 0 Å². The Bertz CT molecular complexity index is 215. The maximum absolute atomic E-state index is 3.78. The Balaban J connectivity index is 4.90. The van der Waals surface area contributed by atoms with Crippen molar-refractivity contribution in [3.8, 4) is 0 Å². The Labute approximate surface area is 75.9 Å². The Morgan fingerprint density at radius 2 is 1.75 bits per heavy atom. The van der Waals surface area contributed by atoms with E-state index in [1.54, 1.807) is 0 Å². The van der Waals surface area contributed by atoms with E-state index in [0.717, 1.165) is 0 Å². The number of aliphatic imine (C=N–C) groups is 1. The van der Waals surface area contributed by atoms with E-state index in [-0.39, 0.29) is 0 Å². The third-order valence-electron chi connectivity index (χ3n) is 1.83. The van der Waals surface area contributed by atoms with Crippen molar-refractivity contribution in [3.05, 3.63) is 22.9 Å². The molecule has 68 valence electrons. The number of hydrogen-bond donors (Lipinski definition) is 0. The van der Waals surface area contributed by atoms with Crippen LogP contribution in [0, 0.1) is 5.92 Å². The average Bonchev–Trinajstić information content (AvgIpc) is 1.85. The van der Waals surface area contributed by atoms with Gasteiger partial charge in [0.2, 0.25) is 0 Å². The van der Waals surface area contributed by atoms with Crippen LogP contribution in [0.1, 0.15) is 34.6 Å². The van der Waals surface area contributed by atoms with Crippen molar-refractivity contribution in [2.45, 2.75) is 34.6 Å². The first-order chi connectivity index (χ1) is 5.50. The molecule has 0 aromatic heterocycles. The molecule has 1 nitrogen and oxygen atoms in total. The molecule has 0 amide bonds. The molecule has 0 heterocycles. The molecular weight excluding hydrogens is 146 g/mol. The quantitative estimate of drug-likeness (QED) is 0.447. The number of rotatable bonds is 3. The van der Waals surface area contributed by atoms with E-state index in [4.69, 9.17) is 0 Å². The normalized spacial score (nSPS) is 11.7. The van der Waals surface area contributed by atoms with Gasteiger partial charge in [-0.2, -0.15) is 0 Å². The summed E-state index contributed by atoms with van der Waals surface area (Å²) in [6, 6.07) is 0. The molecule has 0 rings (SSSR count). The van der Waals surface area contributed by atoms with Crippen molar-refractivity contribution in [1.82, 2.24) is 0 Å². The lowest BCUT2D eigenvalue weighted by Gasteiger charge is -2.13. The van der Waals surface area contributed by atoms with Gasteiger partial charge in [-0.3, -0.25) is 4.99 Å². The van der Waals surface area contributed by atoms with E-state index in [0.29, 0.717) is 5.92 Å². The molecule has 0 bridgehead atoms. The summed E-state index contributed by atoms with van der Waals surface area (Å²) in [4.78, 5) is 3.78. The Morgan fingerprint density at radius 1 is 1.25 bits per heavy atom. The lowest BCUT2D eigenvalue weighted by Crippen LogP contribution is -1.97. The standard InChI is InChI=1S/C11H19N/c1-8(2)11(9(3)4)10(5)7-12-6/h7-8H,6H2,1-5H3/b10-7-. The fourth-order valence-corrected chi connectivity index (χ4v) is 1.63. The molecule has 0 aromatic rings. The SMILES string of the molecule is C=N/C=C(/C)C(=C(C)C)C(C)C. The highest BCUT2D eigenvalue weighted by molar-refractivity contribution is 5.36. The first kappa shape index (κ1) is 11.2. The molecule has 12 heavy (non-hydrogen) atoms. The van der Waals surface area contributed by atoms with Crippen molar-refractivity contribution in [2.75, 3.05) is 0 Å². The molecule has 0 N–H and O–H groups in total. The zero-order valence-electron chi connectivity index (χ0n) is 8.81. The second-order valence-electron chi connectivity index (χ2n) is 3.56. The summed E-state index contributed by atoms with van der Waals surface area (Å²) in [6.45, 7) is 14.2. The van der Waals surface area contributed by atoms with Gasteiger partial charge >= 0.3 is 0 Å².